The van der Waals surface area contributed by atoms with Crippen molar-refractivity contribution in [3.8, 4) is 22.9 Å². The maximum absolute atomic E-state index is 13.8. The Bertz CT molecular complexity index is 1510. The third kappa shape index (κ3) is 4.34. The number of ether oxygens (including phenoxy) is 1. The van der Waals surface area contributed by atoms with Gasteiger partial charge in [0.05, 0.1) is 42.2 Å². The molecule has 1 aromatic heterocycles. The van der Waals surface area contributed by atoms with Crippen LogP contribution in [0.4, 0.5) is 10.1 Å². The highest BCUT2D eigenvalue weighted by molar-refractivity contribution is 6.05. The molecule has 5 rings (SSSR count). The van der Waals surface area contributed by atoms with E-state index < -0.39 is 11.4 Å². The van der Waals surface area contributed by atoms with Gasteiger partial charge in [-0.25, -0.2) is 9.18 Å². The Labute approximate surface area is 214 Å². The van der Waals surface area contributed by atoms with E-state index in [1.54, 1.807) is 36.4 Å². The van der Waals surface area contributed by atoms with Gasteiger partial charge in [-0.1, -0.05) is 26.0 Å². The molecular weight excluding hydrogens is 471 g/mol. The molecule has 1 aliphatic heterocycles. The van der Waals surface area contributed by atoms with Crippen LogP contribution in [0.1, 0.15) is 41.9 Å². The lowest BCUT2D eigenvalue weighted by Gasteiger charge is -2.41. The number of aromatic carboxylic acids is 1. The second-order valence-corrected chi connectivity index (χ2v) is 8.67. The second kappa shape index (κ2) is 10.2. The second-order valence-electron chi connectivity index (χ2n) is 8.67. The van der Waals surface area contributed by atoms with Crippen LogP contribution in [-0.2, 0) is 10.2 Å². The number of fused-ring (bicyclic) bond motifs is 1. The van der Waals surface area contributed by atoms with E-state index in [1.165, 1.54) is 30.5 Å². The van der Waals surface area contributed by atoms with E-state index >= 15 is 0 Å². The first-order chi connectivity index (χ1) is 17.9. The van der Waals surface area contributed by atoms with Crippen molar-refractivity contribution in [1.29, 1.82) is 10.7 Å². The Morgan fingerprint density at radius 1 is 1.19 bits per heavy atom. The molecule has 0 saturated carbocycles. The molecule has 4 aromatic rings. The van der Waals surface area contributed by atoms with Crippen LogP contribution in [0.5, 0.6) is 0 Å². The predicted octanol–water partition coefficient (Wildman–Crippen LogP) is 5.92. The Balaban J connectivity index is 0.00000156. The van der Waals surface area contributed by atoms with Gasteiger partial charge in [0.2, 0.25) is 0 Å². The monoisotopic (exact) mass is 498 g/mol. The summed E-state index contributed by atoms with van der Waals surface area (Å²) < 4.78 is 21.4. The molecule has 4 N–H and O–H groups in total. The van der Waals surface area contributed by atoms with E-state index in [0.717, 1.165) is 27.7 Å². The Kier molecular flexibility index (Phi) is 7.09. The quantitative estimate of drug-likeness (QED) is 0.225. The van der Waals surface area contributed by atoms with Crippen LogP contribution in [0.25, 0.3) is 27.7 Å². The number of hydrogen-bond donors (Lipinski definition) is 3. The number of aromatic nitrogens is 1. The fraction of sp³-hybridized carbons (Fsp3) is 0.207. The lowest BCUT2D eigenvalue weighted by atomic mass is 9.76. The lowest BCUT2D eigenvalue weighted by Crippen LogP contribution is -2.48. The van der Waals surface area contributed by atoms with Gasteiger partial charge in [-0.2, -0.15) is 5.26 Å². The number of hydrogen-bond acceptors (Lipinski definition) is 5. The highest BCUT2D eigenvalue weighted by atomic mass is 19.1. The van der Waals surface area contributed by atoms with Crippen molar-refractivity contribution in [3.63, 3.8) is 0 Å². The molecule has 188 valence electrons. The molecule has 2 heterocycles. The zero-order valence-corrected chi connectivity index (χ0v) is 20.6. The number of carboxylic acids is 1. The minimum Gasteiger partial charge on any atom is -0.478 e. The highest BCUT2D eigenvalue weighted by Crippen LogP contribution is 2.48. The van der Waals surface area contributed by atoms with Gasteiger partial charge in [-0.15, -0.1) is 0 Å². The molecule has 8 heteroatoms. The summed E-state index contributed by atoms with van der Waals surface area (Å²) in [7, 11) is 0. The minimum atomic E-state index is -1.03. The first kappa shape index (κ1) is 25.6. The van der Waals surface area contributed by atoms with Crippen molar-refractivity contribution >= 4 is 28.8 Å². The number of anilines is 1. The summed E-state index contributed by atoms with van der Waals surface area (Å²) in [5, 5.41) is 27.7. The smallest absolute Gasteiger partial charge is 0.335 e. The molecular formula is C29H27FN4O3. The molecule has 1 aliphatic rings. The number of nitrogens with zero attached hydrogens (tertiary/aromatic N) is 2. The predicted molar refractivity (Wildman–Crippen MR) is 142 cm³/mol. The first-order valence-electron chi connectivity index (χ1n) is 11.9. The number of nitrogens with two attached hydrogens (primary N) is 1. The highest BCUT2D eigenvalue weighted by Gasteiger charge is 2.45. The number of halogens is 1. The van der Waals surface area contributed by atoms with Crippen LogP contribution >= 0.6 is 0 Å². The molecule has 1 saturated heterocycles. The average Bonchev–Trinajstić information content (AvgIpc) is 3.21. The van der Waals surface area contributed by atoms with Gasteiger partial charge in [0.15, 0.2) is 0 Å². The zero-order valence-electron chi connectivity index (χ0n) is 20.6. The zero-order chi connectivity index (χ0) is 26.7. The summed E-state index contributed by atoms with van der Waals surface area (Å²) in [5.74, 6) is -1.40. The van der Waals surface area contributed by atoms with Crippen molar-refractivity contribution in [2.45, 2.75) is 25.7 Å². The van der Waals surface area contributed by atoms with Gasteiger partial charge >= 0.3 is 5.97 Å². The molecule has 3 aromatic carbocycles. The number of nitrogen functional groups attached to an aromatic ring is 1. The van der Waals surface area contributed by atoms with Gasteiger partial charge in [-0.05, 0) is 54.1 Å². The number of benzene rings is 3. The maximum atomic E-state index is 13.8. The summed E-state index contributed by atoms with van der Waals surface area (Å²) in [6.45, 7) is 4.65. The van der Waals surface area contributed by atoms with Gasteiger partial charge in [0.1, 0.15) is 5.82 Å². The number of carboxylic acid groups (broad SMARTS) is 1. The van der Waals surface area contributed by atoms with Crippen LogP contribution in [0.3, 0.4) is 0 Å². The molecule has 0 aliphatic carbocycles. The van der Waals surface area contributed by atoms with Crippen LogP contribution < -0.4 is 5.73 Å². The molecule has 0 unspecified atom stereocenters. The van der Waals surface area contributed by atoms with Crippen LogP contribution in [-0.4, -0.2) is 35.1 Å². The maximum Gasteiger partial charge on any atom is 0.335 e. The normalized spacial score (nSPS) is 13.7. The third-order valence-electron chi connectivity index (χ3n) is 6.51. The van der Waals surface area contributed by atoms with E-state index in [1.807, 2.05) is 18.4 Å². The third-order valence-corrected chi connectivity index (χ3v) is 6.51. The van der Waals surface area contributed by atoms with E-state index in [2.05, 4.69) is 6.07 Å². The van der Waals surface area contributed by atoms with Gasteiger partial charge in [-0.3, -0.25) is 0 Å². The fourth-order valence-electron chi connectivity index (χ4n) is 4.75. The van der Waals surface area contributed by atoms with Crippen molar-refractivity contribution in [2.75, 3.05) is 18.9 Å². The standard InChI is InChI=1S/C27H21FN4O3.C2H6/c28-19-5-7-20(8-6-19)32-23-11-18(13-30)22(31)12-21(23)24(16-1-3-17(4-2-16)26(33)34)25(32)27(9-10-29)14-35-15-27;1-2/h1-8,11-13,30H,9,14-15,31H2,(H,33,34);1-2H3. The fourth-order valence-corrected chi connectivity index (χ4v) is 4.75. The largest absolute Gasteiger partial charge is 0.478 e. The topological polar surface area (TPSA) is 125 Å². The molecule has 0 amide bonds. The number of rotatable bonds is 6. The van der Waals surface area contributed by atoms with E-state index in [4.69, 9.17) is 15.9 Å². The van der Waals surface area contributed by atoms with E-state index in [-0.39, 0.29) is 17.8 Å². The van der Waals surface area contributed by atoms with Crippen LogP contribution in [0, 0.1) is 22.6 Å². The molecule has 0 atom stereocenters. The van der Waals surface area contributed by atoms with Gasteiger partial charge < -0.3 is 25.6 Å². The number of nitrogens with one attached hydrogen (secondary N) is 1. The molecule has 7 nitrogen and oxygen atoms in total. The van der Waals surface area contributed by atoms with Crippen molar-refractivity contribution in [3.05, 3.63) is 83.3 Å². The summed E-state index contributed by atoms with van der Waals surface area (Å²) >= 11 is 0. The molecule has 37 heavy (non-hydrogen) atoms. The summed E-state index contributed by atoms with van der Waals surface area (Å²) in [5.41, 5.74) is 10.5. The molecule has 0 spiro atoms. The summed E-state index contributed by atoms with van der Waals surface area (Å²) in [6.07, 6.45) is 1.37. The van der Waals surface area contributed by atoms with Gasteiger partial charge in [0.25, 0.3) is 0 Å². The average molecular weight is 499 g/mol. The first-order valence-corrected chi connectivity index (χ1v) is 11.9. The number of nitriles is 1. The van der Waals surface area contributed by atoms with E-state index in [9.17, 15) is 19.6 Å². The van der Waals surface area contributed by atoms with Gasteiger partial charge in [0, 0.05) is 39.8 Å². The molecule has 0 radical (unpaired) electrons. The SMILES string of the molecule is CC.N#CCC1(c2c(-c3ccc(C(=O)O)cc3)c3cc(N)c(C=N)cc3n2-c2ccc(F)cc2)COC1. The van der Waals surface area contributed by atoms with E-state index in [0.29, 0.717) is 30.2 Å². The van der Waals surface area contributed by atoms with Crippen molar-refractivity contribution in [2.24, 2.45) is 0 Å². The molecule has 1 fully saturated rings. The number of carbonyl (C=O) groups is 1. The Hall–Kier alpha value is -4.48. The summed E-state index contributed by atoms with van der Waals surface area (Å²) in [4.78, 5) is 11.4. The van der Waals surface area contributed by atoms with Crippen molar-refractivity contribution in [1.82, 2.24) is 4.57 Å². The summed E-state index contributed by atoms with van der Waals surface area (Å²) in [6, 6.07) is 18.5. The molecule has 0 bridgehead atoms. The van der Waals surface area contributed by atoms with Crippen LogP contribution in [0.15, 0.2) is 60.7 Å². The Morgan fingerprint density at radius 3 is 2.35 bits per heavy atom. The van der Waals surface area contributed by atoms with Crippen molar-refractivity contribution < 1.29 is 19.0 Å². The Morgan fingerprint density at radius 2 is 1.84 bits per heavy atom. The minimum absolute atomic E-state index is 0.155. The lowest BCUT2D eigenvalue weighted by molar-refractivity contribution is -0.0601. The van der Waals surface area contributed by atoms with Crippen LogP contribution in [0.2, 0.25) is 0 Å².